The lowest BCUT2D eigenvalue weighted by atomic mass is 9.93. The van der Waals surface area contributed by atoms with Crippen LogP contribution in [0, 0.1) is 0 Å². The molecule has 2 fully saturated rings. The lowest BCUT2D eigenvalue weighted by Crippen LogP contribution is -2.40. The molecule has 2 aliphatic carbocycles. The van der Waals surface area contributed by atoms with E-state index in [4.69, 9.17) is 0 Å². The van der Waals surface area contributed by atoms with Gasteiger partial charge in [-0.2, -0.15) is 5.10 Å². The van der Waals surface area contributed by atoms with Gasteiger partial charge in [-0.1, -0.05) is 24.2 Å². The van der Waals surface area contributed by atoms with Gasteiger partial charge in [0.1, 0.15) is 0 Å². The predicted octanol–water partition coefficient (Wildman–Crippen LogP) is 2.43. The van der Waals surface area contributed by atoms with Crippen LogP contribution in [0.15, 0.2) is 22.6 Å². The van der Waals surface area contributed by atoms with Gasteiger partial charge in [-0.3, -0.25) is 15.1 Å². The Hall–Kier alpha value is -1.05. The summed E-state index contributed by atoms with van der Waals surface area (Å²) in [5.74, 6) is -0.0600. The molecule has 1 aliphatic heterocycles. The van der Waals surface area contributed by atoms with E-state index in [1.54, 1.807) is 11.8 Å². The number of hydrogen-bond acceptors (Lipinski definition) is 6. The number of nitrogens with zero attached hydrogens (tertiary/aromatic N) is 2. The lowest BCUT2D eigenvalue weighted by molar-refractivity contribution is 0.0981. The molecule has 1 aromatic heterocycles. The van der Waals surface area contributed by atoms with Gasteiger partial charge >= 0.3 is 0 Å². The smallest absolute Gasteiger partial charge is 0.267 e. The van der Waals surface area contributed by atoms with Crippen molar-refractivity contribution in [2.24, 2.45) is 5.10 Å². The topological polar surface area (TPSA) is 56.7 Å². The number of thiophene rings is 1. The number of hydrazone groups is 1. The fourth-order valence-corrected chi connectivity index (χ4v) is 4.47. The highest BCUT2D eigenvalue weighted by Crippen LogP contribution is 2.38. The fourth-order valence-electron chi connectivity index (χ4n) is 2.92. The van der Waals surface area contributed by atoms with Crippen LogP contribution in [0.25, 0.3) is 0 Å². The summed E-state index contributed by atoms with van der Waals surface area (Å²) in [5, 5.41) is 16.3. The van der Waals surface area contributed by atoms with Crippen LogP contribution in [0.1, 0.15) is 42.3 Å². The molecule has 3 aliphatic rings. The summed E-state index contributed by atoms with van der Waals surface area (Å²) < 4.78 is 0. The Morgan fingerprint density at radius 3 is 3.00 bits per heavy atom. The average molecular weight is 336 g/mol. The standard InChI is InChI=1S/C15H20N4OS2/c1-9-19(12-8-11(12)16-10-4-2-5-10)18-15(22-9)17-14(20)13-6-3-7-21-13/h3,6-7,9-12,16H,2,4-5,8H2,1H3,(H,17,18,20)/t9?,11-,12+/m1/s1. The van der Waals surface area contributed by atoms with Gasteiger partial charge in [0.05, 0.1) is 16.3 Å². The first-order valence-corrected chi connectivity index (χ1v) is 9.61. The SMILES string of the molecule is CC1SC(NC(=O)c2cccs2)=NN1[C@H]1C[C@H]1NC1CCC1. The second kappa shape index (κ2) is 5.86. The highest BCUT2D eigenvalue weighted by Gasteiger charge is 2.47. The van der Waals surface area contributed by atoms with Gasteiger partial charge < -0.3 is 5.32 Å². The molecule has 2 N–H and O–H groups in total. The molecule has 7 heteroatoms. The zero-order chi connectivity index (χ0) is 15.1. The van der Waals surface area contributed by atoms with Crippen LogP contribution in [-0.2, 0) is 0 Å². The Bertz CT molecular complexity index is 584. The molecular formula is C15H20N4OS2. The lowest BCUT2D eigenvalue weighted by Gasteiger charge is -2.27. The van der Waals surface area contributed by atoms with E-state index in [1.165, 1.54) is 30.6 Å². The third kappa shape index (κ3) is 2.89. The van der Waals surface area contributed by atoms with Crippen molar-refractivity contribution < 1.29 is 4.79 Å². The Morgan fingerprint density at radius 1 is 1.45 bits per heavy atom. The van der Waals surface area contributed by atoms with Crippen LogP contribution in [-0.4, -0.2) is 39.6 Å². The quantitative estimate of drug-likeness (QED) is 0.887. The van der Waals surface area contributed by atoms with Crippen LogP contribution in [0.4, 0.5) is 0 Å². The number of nitrogens with one attached hydrogen (secondary N) is 2. The Kier molecular flexibility index (Phi) is 3.88. The van der Waals surface area contributed by atoms with Gasteiger partial charge in [0.2, 0.25) is 0 Å². The van der Waals surface area contributed by atoms with E-state index in [-0.39, 0.29) is 11.3 Å². The summed E-state index contributed by atoms with van der Waals surface area (Å²) in [6.07, 6.45) is 5.16. The normalized spacial score (nSPS) is 30.9. The van der Waals surface area contributed by atoms with Crippen molar-refractivity contribution in [1.82, 2.24) is 15.6 Å². The summed E-state index contributed by atoms with van der Waals surface area (Å²) in [5.41, 5.74) is 0. The summed E-state index contributed by atoms with van der Waals surface area (Å²) >= 11 is 3.08. The first-order valence-electron chi connectivity index (χ1n) is 7.85. The van der Waals surface area contributed by atoms with Crippen LogP contribution in [0.5, 0.6) is 0 Å². The van der Waals surface area contributed by atoms with Gasteiger partial charge in [-0.05, 0) is 37.6 Å². The zero-order valence-corrected chi connectivity index (χ0v) is 14.1. The molecule has 0 saturated heterocycles. The number of hydrogen-bond donors (Lipinski definition) is 2. The van der Waals surface area contributed by atoms with E-state index in [9.17, 15) is 4.79 Å². The minimum atomic E-state index is -0.0600. The Morgan fingerprint density at radius 2 is 2.32 bits per heavy atom. The molecule has 5 nitrogen and oxygen atoms in total. The van der Waals surface area contributed by atoms with Crippen molar-refractivity contribution in [3.8, 4) is 0 Å². The third-order valence-corrected chi connectivity index (χ3v) is 6.31. The first-order chi connectivity index (χ1) is 10.7. The molecule has 2 heterocycles. The Labute approximate surface area is 138 Å². The predicted molar refractivity (Wildman–Crippen MR) is 91.1 cm³/mol. The minimum Gasteiger partial charge on any atom is -0.309 e. The Balaban J connectivity index is 1.34. The van der Waals surface area contributed by atoms with Crippen molar-refractivity contribution in [2.45, 2.75) is 56.1 Å². The number of carbonyl (C=O) groups excluding carboxylic acids is 1. The molecule has 0 aromatic carbocycles. The van der Waals surface area contributed by atoms with E-state index in [0.717, 1.165) is 22.5 Å². The summed E-state index contributed by atoms with van der Waals surface area (Å²) in [7, 11) is 0. The molecular weight excluding hydrogens is 316 g/mol. The van der Waals surface area contributed by atoms with E-state index in [0.29, 0.717) is 12.1 Å². The molecule has 3 atom stereocenters. The van der Waals surface area contributed by atoms with Gasteiger partial charge in [-0.15, -0.1) is 11.3 Å². The number of carbonyl (C=O) groups is 1. The van der Waals surface area contributed by atoms with E-state index in [1.807, 2.05) is 17.5 Å². The molecule has 1 aromatic rings. The third-order valence-electron chi connectivity index (χ3n) is 4.48. The first kappa shape index (κ1) is 14.5. The molecule has 0 radical (unpaired) electrons. The molecule has 0 bridgehead atoms. The maximum absolute atomic E-state index is 12.1. The van der Waals surface area contributed by atoms with Gasteiger partial charge in [0.25, 0.3) is 5.91 Å². The van der Waals surface area contributed by atoms with Crippen LogP contribution in [0.2, 0.25) is 0 Å². The summed E-state index contributed by atoms with van der Waals surface area (Å²) in [6.45, 7) is 2.15. The van der Waals surface area contributed by atoms with Gasteiger partial charge in [-0.25, -0.2) is 0 Å². The molecule has 1 amide bonds. The maximum Gasteiger partial charge on any atom is 0.267 e. The van der Waals surface area contributed by atoms with Crippen molar-refractivity contribution >= 4 is 34.2 Å². The molecule has 0 spiro atoms. The minimum absolute atomic E-state index is 0.0600. The second-order valence-corrected chi connectivity index (χ2v) is 8.39. The molecule has 1 unspecified atom stereocenters. The average Bonchev–Trinajstić information content (AvgIpc) is 2.86. The van der Waals surface area contributed by atoms with E-state index in [2.05, 4.69) is 27.7 Å². The van der Waals surface area contributed by atoms with Crippen LogP contribution >= 0.6 is 23.1 Å². The molecule has 22 heavy (non-hydrogen) atoms. The number of amidine groups is 1. The van der Waals surface area contributed by atoms with Crippen molar-refractivity contribution in [3.05, 3.63) is 22.4 Å². The summed E-state index contributed by atoms with van der Waals surface area (Å²) in [4.78, 5) is 12.8. The van der Waals surface area contributed by atoms with Crippen LogP contribution < -0.4 is 10.6 Å². The highest BCUT2D eigenvalue weighted by atomic mass is 32.2. The van der Waals surface area contributed by atoms with E-state index < -0.39 is 0 Å². The number of amides is 1. The van der Waals surface area contributed by atoms with Gasteiger partial charge in [0.15, 0.2) is 5.17 Å². The maximum atomic E-state index is 12.1. The molecule has 4 rings (SSSR count). The van der Waals surface area contributed by atoms with Crippen molar-refractivity contribution in [2.75, 3.05) is 0 Å². The van der Waals surface area contributed by atoms with E-state index >= 15 is 0 Å². The monoisotopic (exact) mass is 336 g/mol. The fraction of sp³-hybridized carbons (Fsp3) is 0.600. The number of rotatable bonds is 4. The van der Waals surface area contributed by atoms with Crippen molar-refractivity contribution in [3.63, 3.8) is 0 Å². The van der Waals surface area contributed by atoms with Crippen molar-refractivity contribution in [1.29, 1.82) is 0 Å². The second-order valence-electron chi connectivity index (χ2n) is 6.14. The van der Waals surface area contributed by atoms with Crippen LogP contribution in [0.3, 0.4) is 0 Å². The molecule has 118 valence electrons. The largest absolute Gasteiger partial charge is 0.309 e. The highest BCUT2D eigenvalue weighted by molar-refractivity contribution is 8.14. The molecule has 2 saturated carbocycles. The zero-order valence-electron chi connectivity index (χ0n) is 12.5. The summed E-state index contributed by atoms with van der Waals surface area (Å²) in [6, 6.07) is 5.51. The number of thioether (sulfide) groups is 1. The van der Waals surface area contributed by atoms with Gasteiger partial charge in [0, 0.05) is 12.1 Å².